The predicted molar refractivity (Wildman–Crippen MR) is 61.7 cm³/mol. The molecule has 17 heavy (non-hydrogen) atoms. The van der Waals surface area contributed by atoms with Crippen LogP contribution in [0.2, 0.25) is 0 Å². The number of esters is 1. The number of carboxylic acids is 1. The van der Waals surface area contributed by atoms with Gasteiger partial charge in [0.05, 0.1) is 5.69 Å². The maximum Gasteiger partial charge on any atom is 0.355 e. The molecule has 0 amide bonds. The number of rotatable bonds is 4. The Labute approximate surface area is 99.0 Å². The van der Waals surface area contributed by atoms with Crippen LogP contribution in [0, 0.1) is 0 Å². The number of nitrogen functional groups attached to an aromatic ring is 1. The summed E-state index contributed by atoms with van der Waals surface area (Å²) in [7, 11) is 0. The fourth-order valence-corrected chi connectivity index (χ4v) is 1.36. The van der Waals surface area contributed by atoms with E-state index in [1.54, 1.807) is 10.8 Å². The highest BCUT2D eigenvalue weighted by molar-refractivity contribution is 5.90. The number of hydrogen-bond donors (Lipinski definition) is 2. The van der Waals surface area contributed by atoms with Crippen LogP contribution in [0.25, 0.3) is 0 Å². The van der Waals surface area contributed by atoms with Gasteiger partial charge in [-0.3, -0.25) is 0 Å². The van der Waals surface area contributed by atoms with E-state index in [1.165, 1.54) is 13.0 Å². The standard InChI is InChI=1S/C11H16N2O4/c1-6(2)13-5-8(12)4-9(13)11(16)17-7(3)10(14)15/h4-7H,12H2,1-3H3,(H,14,15). The Morgan fingerprint density at radius 1 is 1.41 bits per heavy atom. The molecule has 94 valence electrons. The molecule has 1 atom stereocenters. The molecule has 0 bridgehead atoms. The Balaban J connectivity index is 2.92. The number of ether oxygens (including phenoxy) is 1. The third-order valence-electron chi connectivity index (χ3n) is 2.27. The molecular weight excluding hydrogens is 224 g/mol. The average Bonchev–Trinajstić information content (AvgIpc) is 2.60. The lowest BCUT2D eigenvalue weighted by molar-refractivity contribution is -0.146. The molecule has 1 heterocycles. The van der Waals surface area contributed by atoms with Gasteiger partial charge < -0.3 is 20.1 Å². The molecule has 0 saturated heterocycles. The summed E-state index contributed by atoms with van der Waals surface area (Å²) in [6, 6.07) is 1.51. The van der Waals surface area contributed by atoms with E-state index < -0.39 is 18.0 Å². The Morgan fingerprint density at radius 2 is 2.00 bits per heavy atom. The molecule has 0 fully saturated rings. The second-order valence-corrected chi connectivity index (χ2v) is 4.05. The van der Waals surface area contributed by atoms with E-state index in [0.29, 0.717) is 5.69 Å². The molecule has 0 spiro atoms. The third kappa shape index (κ3) is 2.99. The molecule has 1 unspecified atom stereocenters. The Morgan fingerprint density at radius 3 is 2.47 bits per heavy atom. The molecule has 0 saturated carbocycles. The molecular formula is C11H16N2O4. The third-order valence-corrected chi connectivity index (χ3v) is 2.27. The van der Waals surface area contributed by atoms with Gasteiger partial charge in [0.25, 0.3) is 0 Å². The highest BCUT2D eigenvalue weighted by atomic mass is 16.6. The van der Waals surface area contributed by atoms with Crippen LogP contribution >= 0.6 is 0 Å². The van der Waals surface area contributed by atoms with Crippen molar-refractivity contribution >= 4 is 17.6 Å². The van der Waals surface area contributed by atoms with Gasteiger partial charge in [-0.25, -0.2) is 9.59 Å². The number of carbonyl (C=O) groups excluding carboxylic acids is 1. The van der Waals surface area contributed by atoms with Gasteiger partial charge in [-0.15, -0.1) is 0 Å². The number of nitrogens with zero attached hydrogens (tertiary/aromatic N) is 1. The first-order chi connectivity index (χ1) is 7.82. The minimum atomic E-state index is -1.19. The number of carboxylic acid groups (broad SMARTS) is 1. The quantitative estimate of drug-likeness (QED) is 0.773. The van der Waals surface area contributed by atoms with Crippen LogP contribution in [-0.2, 0) is 9.53 Å². The van der Waals surface area contributed by atoms with Gasteiger partial charge in [-0.1, -0.05) is 0 Å². The Bertz CT molecular complexity index is 437. The molecule has 6 nitrogen and oxygen atoms in total. The zero-order valence-electron chi connectivity index (χ0n) is 10.0. The van der Waals surface area contributed by atoms with Crippen LogP contribution in [0.1, 0.15) is 37.3 Å². The maximum absolute atomic E-state index is 11.7. The molecule has 0 aliphatic heterocycles. The first kappa shape index (κ1) is 13.1. The summed E-state index contributed by atoms with van der Waals surface area (Å²) in [4.78, 5) is 22.3. The molecule has 0 aliphatic carbocycles. The maximum atomic E-state index is 11.7. The van der Waals surface area contributed by atoms with Gasteiger partial charge in [0, 0.05) is 12.2 Å². The van der Waals surface area contributed by atoms with Crippen molar-refractivity contribution in [2.45, 2.75) is 32.9 Å². The monoisotopic (exact) mass is 240 g/mol. The van der Waals surface area contributed by atoms with Gasteiger partial charge in [-0.2, -0.15) is 0 Å². The van der Waals surface area contributed by atoms with Crippen molar-refractivity contribution in [1.29, 1.82) is 0 Å². The van der Waals surface area contributed by atoms with Crippen molar-refractivity contribution < 1.29 is 19.4 Å². The van der Waals surface area contributed by atoms with E-state index in [-0.39, 0.29) is 11.7 Å². The first-order valence-electron chi connectivity index (χ1n) is 5.24. The number of hydrogen-bond acceptors (Lipinski definition) is 4. The summed E-state index contributed by atoms with van der Waals surface area (Å²) in [5.74, 6) is -1.88. The molecule has 6 heteroatoms. The second kappa shape index (κ2) is 4.90. The Hall–Kier alpha value is -1.98. The second-order valence-electron chi connectivity index (χ2n) is 4.05. The number of nitrogens with two attached hydrogens (primary N) is 1. The molecule has 0 radical (unpaired) electrons. The molecule has 0 aromatic carbocycles. The van der Waals surface area contributed by atoms with Crippen molar-refractivity contribution in [3.8, 4) is 0 Å². The molecule has 0 aliphatic rings. The van der Waals surface area contributed by atoms with Crippen molar-refractivity contribution in [3.05, 3.63) is 18.0 Å². The van der Waals surface area contributed by atoms with Crippen molar-refractivity contribution in [2.24, 2.45) is 0 Å². The highest BCUT2D eigenvalue weighted by Gasteiger charge is 2.21. The van der Waals surface area contributed by atoms with Gasteiger partial charge in [-0.05, 0) is 26.8 Å². The summed E-state index contributed by atoms with van der Waals surface area (Å²) in [5, 5.41) is 8.65. The van der Waals surface area contributed by atoms with Crippen LogP contribution in [0.4, 0.5) is 5.69 Å². The van der Waals surface area contributed by atoms with E-state index in [9.17, 15) is 9.59 Å². The number of carbonyl (C=O) groups is 2. The van der Waals surface area contributed by atoms with Gasteiger partial charge in [0.2, 0.25) is 0 Å². The van der Waals surface area contributed by atoms with Crippen molar-refractivity contribution in [3.63, 3.8) is 0 Å². The van der Waals surface area contributed by atoms with E-state index in [0.717, 1.165) is 0 Å². The van der Waals surface area contributed by atoms with E-state index >= 15 is 0 Å². The van der Waals surface area contributed by atoms with E-state index in [4.69, 9.17) is 15.6 Å². The van der Waals surface area contributed by atoms with Crippen molar-refractivity contribution in [2.75, 3.05) is 5.73 Å². The normalized spacial score (nSPS) is 12.5. The summed E-state index contributed by atoms with van der Waals surface area (Å²) >= 11 is 0. The predicted octanol–water partition coefficient (Wildman–Crippen LogP) is 1.28. The summed E-state index contributed by atoms with van der Waals surface area (Å²) in [5.41, 5.74) is 6.29. The van der Waals surface area contributed by atoms with Gasteiger partial charge in [0.15, 0.2) is 6.10 Å². The van der Waals surface area contributed by atoms with Crippen LogP contribution in [0.5, 0.6) is 0 Å². The zero-order chi connectivity index (χ0) is 13.2. The van der Waals surface area contributed by atoms with Crippen LogP contribution < -0.4 is 5.73 Å². The zero-order valence-corrected chi connectivity index (χ0v) is 10.0. The first-order valence-corrected chi connectivity index (χ1v) is 5.24. The molecule has 1 aromatic rings. The molecule has 1 aromatic heterocycles. The smallest absolute Gasteiger partial charge is 0.355 e. The van der Waals surface area contributed by atoms with Gasteiger partial charge in [0.1, 0.15) is 5.69 Å². The van der Waals surface area contributed by atoms with Gasteiger partial charge >= 0.3 is 11.9 Å². The SMILES string of the molecule is CC(OC(=O)c1cc(N)cn1C(C)C)C(=O)O. The fraction of sp³-hybridized carbons (Fsp3) is 0.455. The molecule has 3 N–H and O–H groups in total. The average molecular weight is 240 g/mol. The number of anilines is 1. The van der Waals surface area contributed by atoms with Crippen LogP contribution in [0.15, 0.2) is 12.3 Å². The summed E-state index contributed by atoms with van der Waals surface area (Å²) < 4.78 is 6.43. The van der Waals surface area contributed by atoms with E-state index in [1.807, 2.05) is 13.8 Å². The topological polar surface area (TPSA) is 94.5 Å². The largest absolute Gasteiger partial charge is 0.479 e. The highest BCUT2D eigenvalue weighted by Crippen LogP contribution is 2.17. The number of aromatic nitrogens is 1. The summed E-state index contributed by atoms with van der Waals surface area (Å²) in [6.45, 7) is 5.07. The minimum absolute atomic E-state index is 0.0370. The fourth-order valence-electron chi connectivity index (χ4n) is 1.36. The van der Waals surface area contributed by atoms with Crippen LogP contribution in [-0.4, -0.2) is 27.7 Å². The minimum Gasteiger partial charge on any atom is -0.479 e. The molecule has 1 rings (SSSR count). The lowest BCUT2D eigenvalue weighted by Gasteiger charge is -2.13. The lowest BCUT2D eigenvalue weighted by atomic mass is 10.3. The van der Waals surface area contributed by atoms with Crippen LogP contribution in [0.3, 0.4) is 0 Å². The Kier molecular flexibility index (Phi) is 3.77. The number of aliphatic carboxylic acids is 1. The summed E-state index contributed by atoms with van der Waals surface area (Å²) in [6.07, 6.45) is 0.436. The van der Waals surface area contributed by atoms with Crippen molar-refractivity contribution in [1.82, 2.24) is 4.57 Å². The van der Waals surface area contributed by atoms with E-state index in [2.05, 4.69) is 0 Å². The lowest BCUT2D eigenvalue weighted by Crippen LogP contribution is -2.25.